The molecule has 0 unspecified atom stereocenters. The molecule has 0 saturated carbocycles. The van der Waals surface area contributed by atoms with E-state index in [1.54, 1.807) is 18.0 Å². The summed E-state index contributed by atoms with van der Waals surface area (Å²) in [4.78, 5) is 15.8. The molecule has 2 rings (SSSR count). The second-order valence-electron chi connectivity index (χ2n) is 3.92. The molecule has 8 heteroatoms. The van der Waals surface area contributed by atoms with Crippen molar-refractivity contribution in [2.75, 3.05) is 14.2 Å². The summed E-state index contributed by atoms with van der Waals surface area (Å²) >= 11 is 0. The lowest BCUT2D eigenvalue weighted by Crippen LogP contribution is -2.13. The number of nitrogens with zero attached hydrogens (tertiary/aromatic N) is 5. The molecule has 0 aliphatic carbocycles. The van der Waals surface area contributed by atoms with Crippen molar-refractivity contribution in [2.45, 2.75) is 13.2 Å². The normalized spacial score (nSPS) is 10.7. The maximum Gasteiger partial charge on any atom is 0.360 e. The van der Waals surface area contributed by atoms with E-state index in [1.807, 2.05) is 17.8 Å². The average Bonchev–Trinajstić information content (AvgIpc) is 2.98. The quantitative estimate of drug-likeness (QED) is 0.707. The summed E-state index contributed by atoms with van der Waals surface area (Å²) in [6.45, 7) is 0.633. The van der Waals surface area contributed by atoms with Crippen molar-refractivity contribution in [2.24, 2.45) is 7.05 Å². The van der Waals surface area contributed by atoms with Crippen molar-refractivity contribution >= 4 is 5.97 Å². The summed E-state index contributed by atoms with van der Waals surface area (Å²) in [7, 11) is 4.73. The summed E-state index contributed by atoms with van der Waals surface area (Å²) in [5.74, 6) is 0.275. The van der Waals surface area contributed by atoms with Crippen LogP contribution in [0.25, 0.3) is 0 Å². The van der Waals surface area contributed by atoms with Crippen LogP contribution in [0.4, 0.5) is 0 Å². The summed E-state index contributed by atoms with van der Waals surface area (Å²) in [6, 6.07) is 0. The zero-order valence-electron chi connectivity index (χ0n) is 11.0. The van der Waals surface area contributed by atoms with Gasteiger partial charge in [0.1, 0.15) is 12.4 Å². The van der Waals surface area contributed by atoms with Crippen LogP contribution in [-0.2, 0) is 29.7 Å². The van der Waals surface area contributed by atoms with E-state index in [0.717, 1.165) is 5.82 Å². The van der Waals surface area contributed by atoms with Gasteiger partial charge in [-0.3, -0.25) is 0 Å². The van der Waals surface area contributed by atoms with Crippen molar-refractivity contribution < 1.29 is 14.3 Å². The fraction of sp³-hybridized carbons (Fsp3) is 0.455. The Kier molecular flexibility index (Phi) is 3.91. The highest BCUT2D eigenvalue weighted by Gasteiger charge is 2.20. The topological polar surface area (TPSA) is 84.1 Å². The van der Waals surface area contributed by atoms with Gasteiger partial charge in [0.25, 0.3) is 0 Å². The van der Waals surface area contributed by atoms with Crippen molar-refractivity contribution in [3.63, 3.8) is 0 Å². The van der Waals surface area contributed by atoms with Crippen molar-refractivity contribution in [3.05, 3.63) is 29.6 Å². The summed E-state index contributed by atoms with van der Waals surface area (Å²) in [5, 5.41) is 7.79. The molecule has 2 aromatic rings. The van der Waals surface area contributed by atoms with Crippen LogP contribution in [0.15, 0.2) is 12.4 Å². The zero-order valence-corrected chi connectivity index (χ0v) is 11.0. The highest BCUT2D eigenvalue weighted by atomic mass is 16.5. The third-order valence-corrected chi connectivity index (χ3v) is 2.71. The minimum atomic E-state index is -0.529. The summed E-state index contributed by atoms with van der Waals surface area (Å²) in [6.07, 6.45) is 3.53. The number of aromatic nitrogens is 5. The third-order valence-electron chi connectivity index (χ3n) is 2.71. The SMILES string of the molecule is COCc1c(C(=O)OC)nnn1Cc1nccn1C. The van der Waals surface area contributed by atoms with E-state index in [-0.39, 0.29) is 12.3 Å². The largest absolute Gasteiger partial charge is 0.464 e. The van der Waals surface area contributed by atoms with Crippen LogP contribution in [0.5, 0.6) is 0 Å². The second-order valence-corrected chi connectivity index (χ2v) is 3.92. The Morgan fingerprint density at radius 2 is 2.21 bits per heavy atom. The van der Waals surface area contributed by atoms with Gasteiger partial charge in [-0.1, -0.05) is 5.21 Å². The summed E-state index contributed by atoms with van der Waals surface area (Å²) in [5.41, 5.74) is 0.732. The number of rotatable bonds is 5. The fourth-order valence-electron chi connectivity index (χ4n) is 1.68. The molecule has 2 aromatic heterocycles. The number of imidazole rings is 1. The Bertz CT molecular complexity index is 575. The average molecular weight is 265 g/mol. The first-order valence-electron chi connectivity index (χ1n) is 5.63. The van der Waals surface area contributed by atoms with Crippen molar-refractivity contribution in [1.82, 2.24) is 24.5 Å². The molecule has 8 nitrogen and oxygen atoms in total. The van der Waals surface area contributed by atoms with Crippen LogP contribution < -0.4 is 0 Å². The number of esters is 1. The van der Waals surface area contributed by atoms with E-state index in [9.17, 15) is 4.79 Å². The molecular formula is C11H15N5O3. The molecule has 0 aliphatic heterocycles. The second kappa shape index (κ2) is 5.61. The lowest BCUT2D eigenvalue weighted by atomic mass is 10.3. The molecule has 0 fully saturated rings. The third kappa shape index (κ3) is 2.63. The Balaban J connectivity index is 2.32. The van der Waals surface area contributed by atoms with Crippen molar-refractivity contribution in [1.29, 1.82) is 0 Å². The molecular weight excluding hydrogens is 250 g/mol. The van der Waals surface area contributed by atoms with Gasteiger partial charge >= 0.3 is 5.97 Å². The van der Waals surface area contributed by atoms with E-state index in [0.29, 0.717) is 12.2 Å². The van der Waals surface area contributed by atoms with Crippen molar-refractivity contribution in [3.8, 4) is 0 Å². The lowest BCUT2D eigenvalue weighted by Gasteiger charge is -2.06. The van der Waals surface area contributed by atoms with Gasteiger partial charge in [-0.25, -0.2) is 14.5 Å². The van der Waals surface area contributed by atoms with Crippen LogP contribution in [-0.4, -0.2) is 44.7 Å². The zero-order chi connectivity index (χ0) is 13.8. The van der Waals surface area contributed by atoms with E-state index in [1.165, 1.54) is 7.11 Å². The van der Waals surface area contributed by atoms with Crippen LogP contribution in [0.3, 0.4) is 0 Å². The predicted molar refractivity (Wildman–Crippen MR) is 64.4 cm³/mol. The Morgan fingerprint density at radius 3 is 2.79 bits per heavy atom. The number of hydrogen-bond acceptors (Lipinski definition) is 6. The maximum absolute atomic E-state index is 11.6. The molecule has 0 atom stereocenters. The van der Waals surface area contributed by atoms with Gasteiger partial charge in [0.2, 0.25) is 0 Å². The van der Waals surface area contributed by atoms with E-state index < -0.39 is 5.97 Å². The monoisotopic (exact) mass is 265 g/mol. The smallest absolute Gasteiger partial charge is 0.360 e. The van der Waals surface area contributed by atoms with E-state index >= 15 is 0 Å². The van der Waals surface area contributed by atoms with Crippen LogP contribution in [0.2, 0.25) is 0 Å². The molecule has 102 valence electrons. The van der Waals surface area contributed by atoms with Gasteiger partial charge in [-0.15, -0.1) is 5.10 Å². The first kappa shape index (κ1) is 13.2. The number of aryl methyl sites for hydroxylation is 1. The molecule has 0 aliphatic rings. The minimum Gasteiger partial charge on any atom is -0.464 e. The molecule has 0 radical (unpaired) electrons. The van der Waals surface area contributed by atoms with Gasteiger partial charge in [0.05, 0.1) is 19.4 Å². The first-order chi connectivity index (χ1) is 9.17. The number of carbonyl (C=O) groups is 1. The minimum absolute atomic E-state index is 0.165. The molecule has 2 heterocycles. The summed E-state index contributed by atoms with van der Waals surface area (Å²) < 4.78 is 13.2. The Hall–Kier alpha value is -2.22. The van der Waals surface area contributed by atoms with E-state index in [2.05, 4.69) is 20.0 Å². The van der Waals surface area contributed by atoms with Gasteiger partial charge in [0, 0.05) is 26.6 Å². The highest BCUT2D eigenvalue weighted by Crippen LogP contribution is 2.10. The van der Waals surface area contributed by atoms with Gasteiger partial charge < -0.3 is 14.0 Å². The molecule has 0 saturated heterocycles. The molecule has 0 amide bonds. The number of carbonyl (C=O) groups excluding carboxylic acids is 1. The molecule has 19 heavy (non-hydrogen) atoms. The molecule has 0 bridgehead atoms. The fourth-order valence-corrected chi connectivity index (χ4v) is 1.68. The highest BCUT2D eigenvalue weighted by molar-refractivity contribution is 5.88. The molecule has 0 spiro atoms. The number of ether oxygens (including phenoxy) is 2. The van der Waals surface area contributed by atoms with Gasteiger partial charge in [-0.05, 0) is 0 Å². The number of hydrogen-bond donors (Lipinski definition) is 0. The van der Waals surface area contributed by atoms with E-state index in [4.69, 9.17) is 4.74 Å². The standard InChI is InChI=1S/C11H15N5O3/c1-15-5-4-12-9(15)6-16-8(7-18-2)10(13-14-16)11(17)19-3/h4-5H,6-7H2,1-3H3. The lowest BCUT2D eigenvalue weighted by molar-refractivity contribution is 0.0588. The number of methoxy groups -OCH3 is 2. The molecule has 0 N–H and O–H groups in total. The Morgan fingerprint density at radius 1 is 1.42 bits per heavy atom. The Labute approximate surface area is 110 Å². The maximum atomic E-state index is 11.6. The van der Waals surface area contributed by atoms with Gasteiger partial charge in [-0.2, -0.15) is 0 Å². The van der Waals surface area contributed by atoms with Gasteiger partial charge in [0.15, 0.2) is 5.69 Å². The predicted octanol–water partition coefficient (Wildman–Crippen LogP) is -0.00710. The van der Waals surface area contributed by atoms with Crippen LogP contribution in [0, 0.1) is 0 Å². The van der Waals surface area contributed by atoms with Crippen LogP contribution in [0.1, 0.15) is 22.0 Å². The first-order valence-corrected chi connectivity index (χ1v) is 5.63. The van der Waals surface area contributed by atoms with Crippen LogP contribution >= 0.6 is 0 Å². The molecule has 0 aromatic carbocycles.